The maximum atomic E-state index is 12.2. The van der Waals surface area contributed by atoms with Crippen molar-refractivity contribution in [3.05, 3.63) is 20.1 Å². The van der Waals surface area contributed by atoms with Crippen molar-refractivity contribution in [1.29, 1.82) is 0 Å². The molecule has 7 heteroatoms. The average Bonchev–Trinajstić information content (AvgIpc) is 2.60. The van der Waals surface area contributed by atoms with Crippen LogP contribution in [0.25, 0.3) is 0 Å². The average molecular weight is 303 g/mol. The third-order valence-corrected chi connectivity index (χ3v) is 6.36. The van der Waals surface area contributed by atoms with Crippen LogP contribution in [0.3, 0.4) is 0 Å². The second kappa shape index (κ2) is 3.32. The van der Waals surface area contributed by atoms with E-state index in [0.29, 0.717) is 5.56 Å². The number of fused-ring (bicyclic) bond motifs is 1. The van der Waals surface area contributed by atoms with Crippen LogP contribution in [-0.4, -0.2) is 24.5 Å². The van der Waals surface area contributed by atoms with E-state index in [-0.39, 0.29) is 10.2 Å². The van der Waals surface area contributed by atoms with Gasteiger partial charge in [-0.2, -0.15) is 0 Å². The molecule has 0 amide bonds. The summed E-state index contributed by atoms with van der Waals surface area (Å²) in [5.41, 5.74) is 5.22. The molecule has 93 valence electrons. The summed E-state index contributed by atoms with van der Waals surface area (Å²) in [5.74, 6) is 0. The molecule has 2 N–H and O–H groups in total. The normalized spacial score (nSPS) is 21.5. The van der Waals surface area contributed by atoms with E-state index in [1.54, 1.807) is 27.7 Å². The fourth-order valence-corrected chi connectivity index (χ4v) is 5.17. The van der Waals surface area contributed by atoms with Gasteiger partial charge >= 0.3 is 105 Å². The van der Waals surface area contributed by atoms with E-state index in [4.69, 9.17) is 5.73 Å². The molecule has 1 aromatic rings. The molecule has 1 aliphatic rings. The Morgan fingerprint density at radius 3 is 2.24 bits per heavy atom. The van der Waals surface area contributed by atoms with Crippen LogP contribution in [0, 0.1) is 10.1 Å². The van der Waals surface area contributed by atoms with Crippen LogP contribution in [0.2, 0.25) is 0 Å². The van der Waals surface area contributed by atoms with Gasteiger partial charge in [-0.15, -0.1) is 0 Å². The SMILES string of the molecule is CC1(C)c2[se]c([N+](=O)[O-])c(N)c2C(C)(C)N1[O]. The molecule has 0 fully saturated rings. The number of hydrogen-bond acceptors (Lipinski definition) is 4. The van der Waals surface area contributed by atoms with Crippen LogP contribution in [0.15, 0.2) is 0 Å². The second-order valence-corrected chi connectivity index (χ2v) is 7.29. The summed E-state index contributed by atoms with van der Waals surface area (Å²) in [6.07, 6.45) is 0. The number of hydroxylamine groups is 2. The first-order valence-corrected chi connectivity index (χ1v) is 6.88. The summed E-state index contributed by atoms with van der Waals surface area (Å²) in [4.78, 5) is 10.5. The van der Waals surface area contributed by atoms with Crippen molar-refractivity contribution in [2.24, 2.45) is 0 Å². The second-order valence-electron chi connectivity index (χ2n) is 5.19. The molecule has 2 rings (SSSR count). The molecule has 0 atom stereocenters. The zero-order chi connectivity index (χ0) is 13.2. The van der Waals surface area contributed by atoms with Gasteiger partial charge < -0.3 is 0 Å². The molecule has 0 spiro atoms. The fourth-order valence-electron chi connectivity index (χ4n) is 2.50. The van der Waals surface area contributed by atoms with Gasteiger partial charge in [-0.1, -0.05) is 0 Å². The molecule has 0 unspecified atom stereocenters. The summed E-state index contributed by atoms with van der Waals surface area (Å²) in [6, 6.07) is 0. The third-order valence-electron chi connectivity index (χ3n) is 3.27. The zero-order valence-electron chi connectivity index (χ0n) is 10.1. The van der Waals surface area contributed by atoms with E-state index in [9.17, 15) is 15.3 Å². The summed E-state index contributed by atoms with van der Waals surface area (Å²) in [7, 11) is 0. The number of nitrogens with two attached hydrogens (primary N) is 1. The van der Waals surface area contributed by atoms with Crippen LogP contribution in [0.1, 0.15) is 37.7 Å². The van der Waals surface area contributed by atoms with E-state index < -0.39 is 30.5 Å². The number of nitrogens with zero attached hydrogens (tertiary/aromatic N) is 2. The van der Waals surface area contributed by atoms with Gasteiger partial charge in [-0.25, -0.2) is 0 Å². The van der Waals surface area contributed by atoms with E-state index in [1.807, 2.05) is 0 Å². The first-order chi connectivity index (χ1) is 7.61. The summed E-state index contributed by atoms with van der Waals surface area (Å²) < 4.78 is 0.922. The minimum absolute atomic E-state index is 0.0803. The summed E-state index contributed by atoms with van der Waals surface area (Å²) >= 11 is -0.456. The van der Waals surface area contributed by atoms with Crippen molar-refractivity contribution in [1.82, 2.24) is 5.06 Å². The number of hydrogen-bond donors (Lipinski definition) is 1. The molecular weight excluding hydrogens is 289 g/mol. The van der Waals surface area contributed by atoms with Gasteiger partial charge in [0.15, 0.2) is 0 Å². The molecule has 1 aromatic heterocycles. The predicted molar refractivity (Wildman–Crippen MR) is 63.0 cm³/mol. The van der Waals surface area contributed by atoms with E-state index >= 15 is 0 Å². The molecule has 1 radical (unpaired) electrons. The van der Waals surface area contributed by atoms with Gasteiger partial charge in [-0.3, -0.25) is 0 Å². The van der Waals surface area contributed by atoms with Gasteiger partial charge in [-0.05, 0) is 0 Å². The fraction of sp³-hybridized carbons (Fsp3) is 0.600. The van der Waals surface area contributed by atoms with E-state index in [0.717, 1.165) is 9.50 Å². The molecule has 0 aromatic carbocycles. The minimum atomic E-state index is -0.789. The standard InChI is InChI=1S/C10H14N3O3Se/c1-9(2)5-6(11)8(12(14)15)17-7(5)10(3,4)13(9)16/h11H2,1-4H3. The van der Waals surface area contributed by atoms with Crippen LogP contribution < -0.4 is 5.73 Å². The van der Waals surface area contributed by atoms with Gasteiger partial charge in [0.1, 0.15) is 0 Å². The van der Waals surface area contributed by atoms with Gasteiger partial charge in [0.2, 0.25) is 0 Å². The topological polar surface area (TPSA) is 92.3 Å². The molecule has 1 aliphatic heterocycles. The quantitative estimate of drug-likeness (QED) is 0.482. The van der Waals surface area contributed by atoms with Crippen LogP contribution in [0.5, 0.6) is 0 Å². The van der Waals surface area contributed by atoms with Crippen molar-refractivity contribution in [2.75, 3.05) is 5.73 Å². The predicted octanol–water partition coefficient (Wildman–Crippen LogP) is 1.37. The van der Waals surface area contributed by atoms with Gasteiger partial charge in [0.25, 0.3) is 0 Å². The van der Waals surface area contributed by atoms with Gasteiger partial charge in [0.05, 0.1) is 0 Å². The number of nitrogen functional groups attached to an aromatic ring is 1. The molecule has 0 bridgehead atoms. The van der Waals surface area contributed by atoms with Gasteiger partial charge in [0, 0.05) is 0 Å². The number of anilines is 1. The number of rotatable bonds is 1. The summed E-state index contributed by atoms with van der Waals surface area (Å²) in [6.45, 7) is 7.11. The van der Waals surface area contributed by atoms with E-state index in [1.165, 1.54) is 0 Å². The third kappa shape index (κ3) is 1.40. The Kier molecular flexibility index (Phi) is 2.46. The Bertz CT molecular complexity index is 507. The zero-order valence-corrected chi connectivity index (χ0v) is 11.8. The van der Waals surface area contributed by atoms with E-state index in [2.05, 4.69) is 0 Å². The van der Waals surface area contributed by atoms with Crippen molar-refractivity contribution in [3.63, 3.8) is 0 Å². The maximum absolute atomic E-state index is 12.2. The molecule has 0 saturated carbocycles. The Balaban J connectivity index is 2.76. The van der Waals surface area contributed by atoms with Crippen LogP contribution in [-0.2, 0) is 16.3 Å². The first-order valence-electron chi connectivity index (χ1n) is 5.17. The van der Waals surface area contributed by atoms with Crippen molar-refractivity contribution in [3.8, 4) is 0 Å². The van der Waals surface area contributed by atoms with Crippen molar-refractivity contribution >= 4 is 24.8 Å². The first kappa shape index (κ1) is 12.6. The molecule has 0 saturated heterocycles. The Morgan fingerprint density at radius 2 is 1.82 bits per heavy atom. The number of nitro groups is 1. The van der Waals surface area contributed by atoms with Crippen molar-refractivity contribution in [2.45, 2.75) is 38.8 Å². The Morgan fingerprint density at radius 1 is 1.29 bits per heavy atom. The monoisotopic (exact) mass is 304 g/mol. The molecule has 0 aliphatic carbocycles. The van der Waals surface area contributed by atoms with Crippen molar-refractivity contribution < 1.29 is 10.1 Å². The molecule has 6 nitrogen and oxygen atoms in total. The Labute approximate surface area is 105 Å². The van der Waals surface area contributed by atoms with Crippen LogP contribution in [0.4, 0.5) is 10.2 Å². The molecule has 2 heterocycles. The molecule has 17 heavy (non-hydrogen) atoms. The Hall–Kier alpha value is -0.881. The van der Waals surface area contributed by atoms with Crippen LogP contribution >= 0.6 is 0 Å². The summed E-state index contributed by atoms with van der Waals surface area (Å²) in [5, 5.41) is 24.1. The molecular formula is C10H14N3O3Se.